The normalized spacial score (nSPS) is 13.1. The van der Waals surface area contributed by atoms with Crippen LogP contribution in [0.25, 0.3) is 10.9 Å². The Morgan fingerprint density at radius 1 is 1.08 bits per heavy atom. The minimum absolute atomic E-state index is 0.458. The molecule has 7 heteroatoms. The molecule has 0 atom stereocenters. The van der Waals surface area contributed by atoms with Crippen molar-refractivity contribution in [2.45, 2.75) is 65.3 Å². The van der Waals surface area contributed by atoms with Crippen LogP contribution >= 0.6 is 0 Å². The molecule has 0 aliphatic carbocycles. The Morgan fingerprint density at radius 2 is 1.69 bits per heavy atom. The molecule has 2 N–H and O–H groups in total. The van der Waals surface area contributed by atoms with Crippen molar-refractivity contribution in [3.05, 3.63) is 30.5 Å². The first-order chi connectivity index (χ1) is 11.7. The Balaban J connectivity index is 2.27. The summed E-state index contributed by atoms with van der Waals surface area (Å²) in [5.41, 5.74) is -1.45. The Kier molecular flexibility index (Phi) is 5.30. The lowest BCUT2D eigenvalue weighted by atomic mass is 9.76. The van der Waals surface area contributed by atoms with Crippen molar-refractivity contribution < 1.29 is 24.3 Å². The van der Waals surface area contributed by atoms with Crippen LogP contribution in [-0.2, 0) is 9.39 Å². The Bertz CT molecular complexity index is 798. The van der Waals surface area contributed by atoms with E-state index in [-0.39, 0.29) is 0 Å². The van der Waals surface area contributed by atoms with E-state index >= 15 is 0 Å². The van der Waals surface area contributed by atoms with Gasteiger partial charge in [0.25, 0.3) is 0 Å². The number of nitrogens with zero attached hydrogens (tertiary/aromatic N) is 1. The molecular formula is C19H28BNO5. The van der Waals surface area contributed by atoms with Gasteiger partial charge in [0.1, 0.15) is 5.60 Å². The van der Waals surface area contributed by atoms with Crippen LogP contribution in [0.5, 0.6) is 0 Å². The predicted octanol–water partition coefficient (Wildman–Crippen LogP) is 2.68. The summed E-state index contributed by atoms with van der Waals surface area (Å²) in [6, 6.07) is 6.95. The molecule has 1 aromatic heterocycles. The average Bonchev–Trinajstić information content (AvgIpc) is 2.86. The Morgan fingerprint density at radius 3 is 2.23 bits per heavy atom. The molecule has 0 spiro atoms. The van der Waals surface area contributed by atoms with Gasteiger partial charge in [-0.25, -0.2) is 4.79 Å². The second kappa shape index (κ2) is 6.72. The molecule has 0 aliphatic rings. The van der Waals surface area contributed by atoms with Gasteiger partial charge in [-0.1, -0.05) is 12.1 Å². The molecule has 0 amide bonds. The molecule has 0 unspecified atom stereocenters. The quantitative estimate of drug-likeness (QED) is 0.819. The van der Waals surface area contributed by atoms with E-state index in [0.29, 0.717) is 11.0 Å². The smallest absolute Gasteiger partial charge is 0.443 e. The van der Waals surface area contributed by atoms with Crippen molar-refractivity contribution in [2.24, 2.45) is 0 Å². The highest BCUT2D eigenvalue weighted by Gasteiger charge is 2.39. The maximum absolute atomic E-state index is 12.3. The fourth-order valence-electron chi connectivity index (χ4n) is 2.28. The second-order valence-corrected chi connectivity index (χ2v) is 8.52. The van der Waals surface area contributed by atoms with E-state index < -0.39 is 30.0 Å². The lowest BCUT2D eigenvalue weighted by Crippen LogP contribution is -2.53. The number of carbonyl (C=O) groups excluding carboxylic acids is 1. The minimum Gasteiger partial charge on any atom is -0.443 e. The first kappa shape index (κ1) is 20.5. The summed E-state index contributed by atoms with van der Waals surface area (Å²) in [5, 5.41) is 21.4. The lowest BCUT2D eigenvalue weighted by molar-refractivity contribution is -0.0982. The first-order valence-electron chi connectivity index (χ1n) is 8.64. The van der Waals surface area contributed by atoms with Gasteiger partial charge in [-0.3, -0.25) is 4.57 Å². The third kappa shape index (κ3) is 4.47. The van der Waals surface area contributed by atoms with E-state index in [2.05, 4.69) is 0 Å². The van der Waals surface area contributed by atoms with E-state index in [1.807, 2.05) is 20.8 Å². The van der Waals surface area contributed by atoms with Crippen LogP contribution in [0.15, 0.2) is 30.5 Å². The van der Waals surface area contributed by atoms with Gasteiger partial charge in [0, 0.05) is 6.20 Å². The molecule has 0 radical (unpaired) electrons. The molecule has 0 aliphatic heterocycles. The van der Waals surface area contributed by atoms with Crippen LogP contribution in [0.1, 0.15) is 48.5 Å². The topological polar surface area (TPSA) is 80.9 Å². The molecule has 1 aromatic carbocycles. The largest absolute Gasteiger partial charge is 0.491 e. The maximum Gasteiger partial charge on any atom is 0.491 e. The van der Waals surface area contributed by atoms with Gasteiger partial charge in [-0.05, 0) is 71.4 Å². The van der Waals surface area contributed by atoms with Crippen molar-refractivity contribution in [1.82, 2.24) is 4.57 Å². The van der Waals surface area contributed by atoms with Crippen LogP contribution < -0.4 is 5.46 Å². The zero-order valence-electron chi connectivity index (χ0n) is 16.5. The number of carbonyl (C=O) groups is 1. The van der Waals surface area contributed by atoms with Crippen molar-refractivity contribution in [3.8, 4) is 0 Å². The molecule has 2 aromatic rings. The van der Waals surface area contributed by atoms with Gasteiger partial charge in [-0.15, -0.1) is 0 Å². The van der Waals surface area contributed by atoms with Gasteiger partial charge >= 0.3 is 13.2 Å². The predicted molar refractivity (Wildman–Crippen MR) is 103 cm³/mol. The summed E-state index contributed by atoms with van der Waals surface area (Å²) < 4.78 is 12.5. The van der Waals surface area contributed by atoms with E-state index in [4.69, 9.17) is 9.39 Å². The number of aromatic nitrogens is 1. The maximum atomic E-state index is 12.3. The SMILES string of the molecule is CC(C)(C)OC(=O)n1ccc2cc(B(O)OC(C)(C)C(C)(C)O)ccc21. The minimum atomic E-state index is -1.20. The van der Waals surface area contributed by atoms with Crippen molar-refractivity contribution in [1.29, 1.82) is 0 Å². The summed E-state index contributed by atoms with van der Waals surface area (Å²) in [6.45, 7) is 12.1. The summed E-state index contributed by atoms with van der Waals surface area (Å²) in [6.07, 6.45) is 1.18. The Labute approximate surface area is 154 Å². The van der Waals surface area contributed by atoms with Crippen LogP contribution in [0.4, 0.5) is 4.79 Å². The number of hydrogen-bond acceptors (Lipinski definition) is 5. The van der Waals surface area contributed by atoms with Crippen LogP contribution in [-0.4, -0.2) is 44.7 Å². The summed E-state index contributed by atoms with van der Waals surface area (Å²) in [4.78, 5) is 12.3. The van der Waals surface area contributed by atoms with Gasteiger partial charge in [0.15, 0.2) is 0 Å². The third-order valence-electron chi connectivity index (χ3n) is 4.47. The van der Waals surface area contributed by atoms with Gasteiger partial charge in [0.2, 0.25) is 0 Å². The highest BCUT2D eigenvalue weighted by Crippen LogP contribution is 2.25. The number of fused-ring (bicyclic) bond motifs is 1. The molecule has 0 saturated heterocycles. The molecule has 142 valence electrons. The average molecular weight is 361 g/mol. The molecule has 2 rings (SSSR count). The summed E-state index contributed by atoms with van der Waals surface area (Å²) in [5.74, 6) is 0. The number of benzene rings is 1. The molecule has 0 fully saturated rings. The lowest BCUT2D eigenvalue weighted by Gasteiger charge is -2.38. The van der Waals surface area contributed by atoms with Crippen LogP contribution in [0, 0.1) is 0 Å². The first-order valence-corrected chi connectivity index (χ1v) is 8.64. The van der Waals surface area contributed by atoms with E-state index in [0.717, 1.165) is 5.39 Å². The molecule has 6 nitrogen and oxygen atoms in total. The number of ether oxygens (including phenoxy) is 1. The molecular weight excluding hydrogens is 333 g/mol. The van der Waals surface area contributed by atoms with E-state index in [9.17, 15) is 14.9 Å². The summed E-state index contributed by atoms with van der Waals surface area (Å²) >= 11 is 0. The third-order valence-corrected chi connectivity index (χ3v) is 4.47. The van der Waals surface area contributed by atoms with E-state index in [1.165, 1.54) is 4.57 Å². The Hall–Kier alpha value is -1.83. The van der Waals surface area contributed by atoms with Gasteiger partial charge in [0.05, 0.1) is 16.7 Å². The number of hydrogen-bond donors (Lipinski definition) is 2. The van der Waals surface area contributed by atoms with Crippen molar-refractivity contribution in [2.75, 3.05) is 0 Å². The monoisotopic (exact) mass is 361 g/mol. The number of rotatable bonds is 4. The van der Waals surface area contributed by atoms with Crippen molar-refractivity contribution in [3.63, 3.8) is 0 Å². The van der Waals surface area contributed by atoms with Crippen molar-refractivity contribution >= 4 is 29.6 Å². The van der Waals surface area contributed by atoms with Gasteiger partial charge < -0.3 is 19.5 Å². The molecule has 1 heterocycles. The highest BCUT2D eigenvalue weighted by molar-refractivity contribution is 6.60. The fraction of sp³-hybridized carbons (Fsp3) is 0.526. The molecule has 0 saturated carbocycles. The van der Waals surface area contributed by atoms with Crippen LogP contribution in [0.3, 0.4) is 0 Å². The highest BCUT2D eigenvalue weighted by atomic mass is 16.6. The molecule has 26 heavy (non-hydrogen) atoms. The second-order valence-electron chi connectivity index (χ2n) is 8.52. The zero-order chi connectivity index (χ0) is 19.9. The fourth-order valence-corrected chi connectivity index (χ4v) is 2.28. The summed E-state index contributed by atoms with van der Waals surface area (Å²) in [7, 11) is -1.20. The van der Waals surface area contributed by atoms with E-state index in [1.54, 1.807) is 58.2 Å². The standard InChI is InChI=1S/C19H28BNO5/c1-17(2,3)25-16(22)21-11-10-13-12-14(8-9-15(13)21)20(24)26-19(6,7)18(4,5)23/h8-12,23-24H,1-7H3. The van der Waals surface area contributed by atoms with Gasteiger partial charge in [-0.2, -0.15) is 0 Å². The zero-order valence-corrected chi connectivity index (χ0v) is 16.5. The number of aliphatic hydroxyl groups is 1. The van der Waals surface area contributed by atoms with Crippen LogP contribution in [0.2, 0.25) is 0 Å². The molecule has 0 bridgehead atoms.